The number of aromatic nitrogens is 2. The molecule has 15 heavy (non-hydrogen) atoms. The van der Waals surface area contributed by atoms with E-state index in [0.717, 1.165) is 5.69 Å². The Morgan fingerprint density at radius 2 is 2.13 bits per heavy atom. The molecule has 6 heteroatoms. The Bertz CT molecular complexity index is 317. The van der Waals surface area contributed by atoms with Crippen LogP contribution in [0, 0.1) is 0 Å². The van der Waals surface area contributed by atoms with Gasteiger partial charge in [0.15, 0.2) is 0 Å². The van der Waals surface area contributed by atoms with Crippen molar-refractivity contribution in [2.24, 2.45) is 7.05 Å². The minimum Gasteiger partial charge on any atom is -0.382 e. The molecule has 0 radical (unpaired) electrons. The van der Waals surface area contributed by atoms with Gasteiger partial charge in [0.2, 0.25) is 0 Å². The van der Waals surface area contributed by atoms with E-state index in [4.69, 9.17) is 0 Å². The number of hydrogen-bond donors (Lipinski definition) is 1. The molecule has 3 nitrogen and oxygen atoms in total. The first-order chi connectivity index (χ1) is 6.92. The summed E-state index contributed by atoms with van der Waals surface area (Å²) in [4.78, 5) is 0. The van der Waals surface area contributed by atoms with Gasteiger partial charge in [0.05, 0.1) is 17.8 Å². The number of anilines is 1. The molecule has 0 aliphatic heterocycles. The van der Waals surface area contributed by atoms with Crippen LogP contribution in [0.2, 0.25) is 0 Å². The van der Waals surface area contributed by atoms with Gasteiger partial charge >= 0.3 is 6.18 Å². The third-order valence-electron chi connectivity index (χ3n) is 1.96. The van der Waals surface area contributed by atoms with E-state index in [0.29, 0.717) is 12.1 Å². The molecule has 1 rings (SSSR count). The Morgan fingerprint density at radius 3 is 2.67 bits per heavy atom. The maximum Gasteiger partial charge on any atom is 0.390 e. The van der Waals surface area contributed by atoms with Crippen LogP contribution in [0.25, 0.3) is 0 Å². The number of rotatable bonds is 4. The molecule has 0 amide bonds. The molecule has 0 saturated heterocycles. The minimum absolute atomic E-state index is 0.109. The van der Waals surface area contributed by atoms with E-state index in [1.165, 1.54) is 0 Å². The summed E-state index contributed by atoms with van der Waals surface area (Å²) >= 11 is 0. The summed E-state index contributed by atoms with van der Waals surface area (Å²) in [5.41, 5.74) is 1.48. The van der Waals surface area contributed by atoms with E-state index in [2.05, 4.69) is 10.4 Å². The van der Waals surface area contributed by atoms with Crippen molar-refractivity contribution in [2.75, 3.05) is 11.9 Å². The van der Waals surface area contributed by atoms with Crippen molar-refractivity contribution in [1.29, 1.82) is 0 Å². The molecular formula is C9H14F3N3. The van der Waals surface area contributed by atoms with E-state index in [9.17, 15) is 13.2 Å². The highest BCUT2D eigenvalue weighted by Crippen LogP contribution is 2.20. The number of alkyl halides is 3. The topological polar surface area (TPSA) is 29.9 Å². The van der Waals surface area contributed by atoms with Crippen LogP contribution in [0.4, 0.5) is 18.9 Å². The van der Waals surface area contributed by atoms with Gasteiger partial charge in [-0.3, -0.25) is 4.68 Å². The van der Waals surface area contributed by atoms with Crippen molar-refractivity contribution in [2.45, 2.75) is 25.9 Å². The van der Waals surface area contributed by atoms with Gasteiger partial charge in [0.25, 0.3) is 0 Å². The lowest BCUT2D eigenvalue weighted by Crippen LogP contribution is -2.14. The SMILES string of the molecule is CCc1nn(C)cc1NCCC(F)(F)F. The van der Waals surface area contributed by atoms with Crippen LogP contribution in [0.15, 0.2) is 6.20 Å². The molecular weight excluding hydrogens is 207 g/mol. The van der Waals surface area contributed by atoms with Crippen molar-refractivity contribution >= 4 is 5.69 Å². The van der Waals surface area contributed by atoms with Gasteiger partial charge in [0, 0.05) is 19.8 Å². The Morgan fingerprint density at radius 1 is 1.47 bits per heavy atom. The maximum atomic E-state index is 11.9. The van der Waals surface area contributed by atoms with Crippen LogP contribution in [-0.4, -0.2) is 22.5 Å². The van der Waals surface area contributed by atoms with Gasteiger partial charge in [-0.25, -0.2) is 0 Å². The second kappa shape index (κ2) is 4.55. The predicted octanol–water partition coefficient (Wildman–Crippen LogP) is 2.35. The third kappa shape index (κ3) is 3.81. The molecule has 86 valence electrons. The number of nitrogens with one attached hydrogen (secondary N) is 1. The fraction of sp³-hybridized carbons (Fsp3) is 0.667. The molecule has 0 aliphatic rings. The van der Waals surface area contributed by atoms with Crippen molar-refractivity contribution in [1.82, 2.24) is 9.78 Å². The second-order valence-corrected chi connectivity index (χ2v) is 3.31. The minimum atomic E-state index is -4.11. The van der Waals surface area contributed by atoms with Gasteiger partial charge in [-0.2, -0.15) is 18.3 Å². The van der Waals surface area contributed by atoms with Crippen molar-refractivity contribution in [3.05, 3.63) is 11.9 Å². The Labute approximate surface area is 86.3 Å². The molecule has 1 N–H and O–H groups in total. The second-order valence-electron chi connectivity index (χ2n) is 3.31. The zero-order valence-electron chi connectivity index (χ0n) is 8.73. The van der Waals surface area contributed by atoms with Gasteiger partial charge in [0.1, 0.15) is 0 Å². The van der Waals surface area contributed by atoms with Gasteiger partial charge in [-0.1, -0.05) is 6.92 Å². The zero-order valence-corrected chi connectivity index (χ0v) is 8.73. The van der Waals surface area contributed by atoms with Crippen LogP contribution in [0.1, 0.15) is 19.0 Å². The summed E-state index contributed by atoms with van der Waals surface area (Å²) in [7, 11) is 1.74. The van der Waals surface area contributed by atoms with E-state index >= 15 is 0 Å². The molecule has 1 aromatic heterocycles. The smallest absolute Gasteiger partial charge is 0.382 e. The summed E-state index contributed by atoms with van der Waals surface area (Å²) < 4.78 is 37.2. The molecule has 0 atom stereocenters. The summed E-state index contributed by atoms with van der Waals surface area (Å²) in [6.07, 6.45) is -2.54. The molecule has 0 saturated carbocycles. The zero-order chi connectivity index (χ0) is 11.5. The lowest BCUT2D eigenvalue weighted by molar-refractivity contribution is -0.131. The van der Waals surface area contributed by atoms with Crippen molar-refractivity contribution in [3.8, 4) is 0 Å². The first-order valence-electron chi connectivity index (χ1n) is 4.75. The van der Waals surface area contributed by atoms with Crippen LogP contribution in [0.5, 0.6) is 0 Å². The number of aryl methyl sites for hydroxylation is 2. The average molecular weight is 221 g/mol. The highest BCUT2D eigenvalue weighted by atomic mass is 19.4. The summed E-state index contributed by atoms with van der Waals surface area (Å²) in [6, 6.07) is 0. The standard InChI is InChI=1S/C9H14F3N3/c1-3-7-8(6-15(2)14-7)13-5-4-9(10,11)12/h6,13H,3-5H2,1-2H3. The number of nitrogens with zero attached hydrogens (tertiary/aromatic N) is 2. The van der Waals surface area contributed by atoms with E-state index in [-0.39, 0.29) is 6.54 Å². The summed E-state index contributed by atoms with van der Waals surface area (Å²) in [5.74, 6) is 0. The maximum absolute atomic E-state index is 11.9. The Balaban J connectivity index is 2.50. The van der Waals surface area contributed by atoms with E-state index in [1.807, 2.05) is 6.92 Å². The lowest BCUT2D eigenvalue weighted by Gasteiger charge is -2.07. The molecule has 0 unspecified atom stereocenters. The van der Waals surface area contributed by atoms with Crippen molar-refractivity contribution < 1.29 is 13.2 Å². The third-order valence-corrected chi connectivity index (χ3v) is 1.96. The highest BCUT2D eigenvalue weighted by Gasteiger charge is 2.26. The Hall–Kier alpha value is -1.20. The quantitative estimate of drug-likeness (QED) is 0.845. The van der Waals surface area contributed by atoms with Crippen LogP contribution in [0.3, 0.4) is 0 Å². The largest absolute Gasteiger partial charge is 0.390 e. The van der Waals surface area contributed by atoms with Gasteiger partial charge in [-0.05, 0) is 6.42 Å². The summed E-state index contributed by atoms with van der Waals surface area (Å²) in [6.45, 7) is 1.81. The molecule has 0 bridgehead atoms. The fourth-order valence-electron chi connectivity index (χ4n) is 1.28. The molecule has 1 aromatic rings. The first-order valence-corrected chi connectivity index (χ1v) is 4.75. The van der Waals surface area contributed by atoms with Gasteiger partial charge < -0.3 is 5.32 Å². The molecule has 0 spiro atoms. The molecule has 0 aromatic carbocycles. The highest BCUT2D eigenvalue weighted by molar-refractivity contribution is 5.46. The average Bonchev–Trinajstić information content (AvgIpc) is 2.44. The predicted molar refractivity (Wildman–Crippen MR) is 51.7 cm³/mol. The normalized spacial score (nSPS) is 11.8. The first kappa shape index (κ1) is 11.9. The van der Waals surface area contributed by atoms with E-state index < -0.39 is 12.6 Å². The van der Waals surface area contributed by atoms with Crippen LogP contribution in [-0.2, 0) is 13.5 Å². The molecule has 0 fully saturated rings. The number of hydrogen-bond acceptors (Lipinski definition) is 2. The summed E-state index contributed by atoms with van der Waals surface area (Å²) in [5, 5.41) is 6.86. The van der Waals surface area contributed by atoms with Crippen molar-refractivity contribution in [3.63, 3.8) is 0 Å². The monoisotopic (exact) mass is 221 g/mol. The molecule has 1 heterocycles. The Kier molecular flexibility index (Phi) is 3.60. The van der Waals surface area contributed by atoms with Crippen LogP contribution >= 0.6 is 0 Å². The van der Waals surface area contributed by atoms with E-state index in [1.54, 1.807) is 17.9 Å². The lowest BCUT2D eigenvalue weighted by atomic mass is 10.3. The number of halogens is 3. The van der Waals surface area contributed by atoms with Gasteiger partial charge in [-0.15, -0.1) is 0 Å². The molecule has 0 aliphatic carbocycles. The fourth-order valence-corrected chi connectivity index (χ4v) is 1.28. The van der Waals surface area contributed by atoms with Crippen LogP contribution < -0.4 is 5.32 Å².